The van der Waals surface area contributed by atoms with Crippen LogP contribution in [-0.4, -0.2) is 36.2 Å². The predicted molar refractivity (Wildman–Crippen MR) is 124 cm³/mol. The number of hydrogen-bond donors (Lipinski definition) is 2. The molecular weight excluding hydrogens is 454 g/mol. The van der Waals surface area contributed by atoms with Crippen LogP contribution in [0.1, 0.15) is 25.6 Å². The van der Waals surface area contributed by atoms with Crippen molar-refractivity contribution in [3.63, 3.8) is 0 Å². The highest BCUT2D eigenvalue weighted by Gasteiger charge is 2.16. The average molecular weight is 474 g/mol. The standard InChI is InChI=1S/C22H20ClN3O3S2/c1-26(22(29)19-3-2-12-30-19)13-20(27)24-25-21(28)16-6-4-15(5-7-16)14-31-18-10-8-17(23)9-11-18/h2-12H,13-14H2,1H3,(H,24,27)(H,25,28). The summed E-state index contributed by atoms with van der Waals surface area (Å²) in [5, 5.41) is 2.50. The number of thioether (sulfide) groups is 1. The number of thiophene rings is 1. The van der Waals surface area contributed by atoms with Crippen LogP contribution in [-0.2, 0) is 10.5 Å². The highest BCUT2D eigenvalue weighted by atomic mass is 35.5. The Kier molecular flexibility index (Phi) is 8.11. The molecule has 0 unspecified atom stereocenters. The van der Waals surface area contributed by atoms with Gasteiger partial charge in [0.15, 0.2) is 0 Å². The molecule has 3 amide bonds. The molecule has 0 fully saturated rings. The topological polar surface area (TPSA) is 78.5 Å². The van der Waals surface area contributed by atoms with Crippen molar-refractivity contribution < 1.29 is 14.4 Å². The third kappa shape index (κ3) is 6.85. The molecule has 0 aliphatic rings. The maximum absolute atomic E-state index is 12.3. The molecule has 0 aliphatic carbocycles. The van der Waals surface area contributed by atoms with E-state index in [0.29, 0.717) is 15.5 Å². The first kappa shape index (κ1) is 22.9. The second kappa shape index (κ2) is 11.0. The lowest BCUT2D eigenvalue weighted by Crippen LogP contribution is -2.46. The number of hydrazine groups is 1. The molecule has 2 N–H and O–H groups in total. The Morgan fingerprint density at radius 2 is 1.71 bits per heavy atom. The lowest BCUT2D eigenvalue weighted by atomic mass is 10.1. The fourth-order valence-corrected chi connectivity index (χ4v) is 4.26. The fourth-order valence-electron chi connectivity index (χ4n) is 2.56. The molecule has 0 saturated carbocycles. The lowest BCUT2D eigenvalue weighted by molar-refractivity contribution is -0.122. The molecule has 1 heterocycles. The zero-order valence-corrected chi connectivity index (χ0v) is 19.0. The van der Waals surface area contributed by atoms with Gasteiger partial charge < -0.3 is 4.90 Å². The zero-order valence-electron chi connectivity index (χ0n) is 16.6. The van der Waals surface area contributed by atoms with Crippen LogP contribution in [0.25, 0.3) is 0 Å². The van der Waals surface area contributed by atoms with E-state index < -0.39 is 11.8 Å². The van der Waals surface area contributed by atoms with Crippen molar-refractivity contribution in [2.24, 2.45) is 0 Å². The molecule has 3 aromatic rings. The van der Waals surface area contributed by atoms with Crippen molar-refractivity contribution >= 4 is 52.4 Å². The maximum Gasteiger partial charge on any atom is 0.269 e. The molecule has 2 aromatic carbocycles. The molecule has 6 nitrogen and oxygen atoms in total. The van der Waals surface area contributed by atoms with E-state index in [1.54, 1.807) is 41.4 Å². The average Bonchev–Trinajstić information content (AvgIpc) is 3.32. The van der Waals surface area contributed by atoms with Crippen molar-refractivity contribution in [1.82, 2.24) is 15.8 Å². The van der Waals surface area contributed by atoms with E-state index in [9.17, 15) is 14.4 Å². The number of benzene rings is 2. The van der Waals surface area contributed by atoms with Gasteiger partial charge >= 0.3 is 0 Å². The summed E-state index contributed by atoms with van der Waals surface area (Å²) >= 11 is 8.87. The molecule has 0 radical (unpaired) electrons. The van der Waals surface area contributed by atoms with Crippen LogP contribution in [0.3, 0.4) is 0 Å². The molecular formula is C22H20ClN3O3S2. The van der Waals surface area contributed by atoms with Crippen molar-refractivity contribution in [3.8, 4) is 0 Å². The van der Waals surface area contributed by atoms with Gasteiger partial charge in [0.2, 0.25) is 0 Å². The maximum atomic E-state index is 12.3. The Morgan fingerprint density at radius 1 is 1.00 bits per heavy atom. The molecule has 0 spiro atoms. The third-order valence-corrected chi connectivity index (χ3v) is 6.40. The van der Waals surface area contributed by atoms with Crippen molar-refractivity contribution in [2.45, 2.75) is 10.6 Å². The summed E-state index contributed by atoms with van der Waals surface area (Å²) < 4.78 is 0. The van der Waals surface area contributed by atoms with E-state index in [4.69, 9.17) is 11.6 Å². The second-order valence-corrected chi connectivity index (χ2v) is 9.01. The molecule has 0 aliphatic heterocycles. The molecule has 160 valence electrons. The smallest absolute Gasteiger partial charge is 0.269 e. The van der Waals surface area contributed by atoms with Crippen LogP contribution >= 0.6 is 34.7 Å². The van der Waals surface area contributed by atoms with E-state index in [0.717, 1.165) is 16.2 Å². The minimum Gasteiger partial charge on any atom is -0.332 e. The number of likely N-dealkylation sites (N-methyl/N-ethyl adjacent to an activating group) is 1. The van der Waals surface area contributed by atoms with E-state index in [1.807, 2.05) is 36.4 Å². The molecule has 0 atom stereocenters. The van der Waals surface area contributed by atoms with Gasteiger partial charge in [-0.05, 0) is 53.4 Å². The monoisotopic (exact) mass is 473 g/mol. The Morgan fingerprint density at radius 3 is 2.35 bits per heavy atom. The summed E-state index contributed by atoms with van der Waals surface area (Å²) in [7, 11) is 1.53. The Labute approximate surface area is 193 Å². The number of rotatable bonds is 7. The quantitative estimate of drug-likeness (QED) is 0.397. The SMILES string of the molecule is CN(CC(=O)NNC(=O)c1ccc(CSc2ccc(Cl)cc2)cc1)C(=O)c1cccs1. The summed E-state index contributed by atoms with van der Waals surface area (Å²) in [4.78, 5) is 39.4. The zero-order chi connectivity index (χ0) is 22.2. The van der Waals surface area contributed by atoms with Crippen LogP contribution in [0.4, 0.5) is 0 Å². The number of hydrogen-bond acceptors (Lipinski definition) is 5. The molecule has 0 bridgehead atoms. The Balaban J connectivity index is 1.44. The Hall–Kier alpha value is -2.81. The molecule has 31 heavy (non-hydrogen) atoms. The van der Waals surface area contributed by atoms with Gasteiger partial charge in [-0.2, -0.15) is 0 Å². The Bertz CT molecular complexity index is 1040. The predicted octanol–water partition coefficient (Wildman–Crippen LogP) is 4.23. The van der Waals surface area contributed by atoms with Gasteiger partial charge in [-0.1, -0.05) is 29.8 Å². The van der Waals surface area contributed by atoms with Gasteiger partial charge in [0.25, 0.3) is 17.7 Å². The highest BCUT2D eigenvalue weighted by Crippen LogP contribution is 2.24. The molecule has 3 rings (SSSR count). The summed E-state index contributed by atoms with van der Waals surface area (Å²) in [6.45, 7) is -0.169. The number of carbonyl (C=O) groups is 3. The summed E-state index contributed by atoms with van der Waals surface area (Å²) in [6.07, 6.45) is 0. The normalized spacial score (nSPS) is 10.4. The van der Waals surface area contributed by atoms with Crippen molar-refractivity contribution in [2.75, 3.05) is 13.6 Å². The van der Waals surface area contributed by atoms with Crippen LogP contribution in [0.2, 0.25) is 5.02 Å². The number of amides is 3. The first-order valence-corrected chi connectivity index (χ1v) is 11.5. The molecule has 9 heteroatoms. The van der Waals surface area contributed by atoms with Crippen LogP contribution in [0.5, 0.6) is 0 Å². The van der Waals surface area contributed by atoms with Crippen LogP contribution in [0, 0.1) is 0 Å². The number of carbonyl (C=O) groups excluding carboxylic acids is 3. The van der Waals surface area contributed by atoms with E-state index in [2.05, 4.69) is 10.9 Å². The van der Waals surface area contributed by atoms with Gasteiger partial charge in [-0.15, -0.1) is 23.1 Å². The first-order chi connectivity index (χ1) is 14.9. The minimum atomic E-state index is -0.489. The van der Waals surface area contributed by atoms with Crippen molar-refractivity contribution in [1.29, 1.82) is 0 Å². The van der Waals surface area contributed by atoms with Gasteiger partial charge in [0.05, 0.1) is 4.88 Å². The summed E-state index contributed by atoms with van der Waals surface area (Å²) in [6, 6.07) is 18.2. The molecule has 1 aromatic heterocycles. The minimum absolute atomic E-state index is 0.169. The van der Waals surface area contributed by atoms with Gasteiger partial charge in [-0.25, -0.2) is 0 Å². The second-order valence-electron chi connectivity index (χ2n) is 6.58. The van der Waals surface area contributed by atoms with Crippen LogP contribution < -0.4 is 10.9 Å². The molecule has 0 saturated heterocycles. The fraction of sp³-hybridized carbons (Fsp3) is 0.136. The summed E-state index contributed by atoms with van der Waals surface area (Å²) in [5.74, 6) is -0.414. The number of nitrogens with one attached hydrogen (secondary N) is 2. The van der Waals surface area contributed by atoms with Gasteiger partial charge in [0.1, 0.15) is 6.54 Å². The number of nitrogens with zero attached hydrogens (tertiary/aromatic N) is 1. The van der Waals surface area contributed by atoms with Gasteiger partial charge in [-0.3, -0.25) is 25.2 Å². The highest BCUT2D eigenvalue weighted by molar-refractivity contribution is 7.98. The summed E-state index contributed by atoms with van der Waals surface area (Å²) in [5.41, 5.74) is 6.19. The van der Waals surface area contributed by atoms with E-state index in [-0.39, 0.29) is 12.5 Å². The first-order valence-electron chi connectivity index (χ1n) is 9.28. The van der Waals surface area contributed by atoms with E-state index >= 15 is 0 Å². The van der Waals surface area contributed by atoms with Crippen LogP contribution in [0.15, 0.2) is 70.9 Å². The largest absolute Gasteiger partial charge is 0.332 e. The number of halogens is 1. The van der Waals surface area contributed by atoms with Gasteiger partial charge in [0, 0.05) is 28.3 Å². The van der Waals surface area contributed by atoms with E-state index in [1.165, 1.54) is 23.3 Å². The van der Waals surface area contributed by atoms with Crippen molar-refractivity contribution in [3.05, 3.63) is 87.1 Å². The third-order valence-electron chi connectivity index (χ3n) is 4.21. The lowest BCUT2D eigenvalue weighted by Gasteiger charge is -2.16.